The third kappa shape index (κ3) is 5.12. The number of halogens is 1. The van der Waals surface area contributed by atoms with E-state index in [1.165, 1.54) is 11.1 Å². The second-order valence-electron chi connectivity index (χ2n) is 4.88. The van der Waals surface area contributed by atoms with Crippen LogP contribution in [0.5, 0.6) is 0 Å². The molecule has 0 aliphatic carbocycles. The van der Waals surface area contributed by atoms with Crippen LogP contribution in [-0.2, 0) is 9.53 Å². The lowest BCUT2D eigenvalue weighted by molar-refractivity contribution is -0.124. The number of carbonyl (C=O) groups is 1. The number of benzene rings is 1. The highest BCUT2D eigenvalue weighted by Crippen LogP contribution is 2.20. The summed E-state index contributed by atoms with van der Waals surface area (Å²) in [6, 6.07) is 6.12. The van der Waals surface area contributed by atoms with Crippen LogP contribution in [0.2, 0.25) is 0 Å². The summed E-state index contributed by atoms with van der Waals surface area (Å²) in [4.78, 5) is 11.9. The zero-order valence-corrected chi connectivity index (χ0v) is 13.4. The minimum atomic E-state index is -0.217. The summed E-state index contributed by atoms with van der Waals surface area (Å²) in [6.07, 6.45) is 0.0770. The van der Waals surface area contributed by atoms with Crippen LogP contribution in [0.4, 0.5) is 0 Å². The summed E-state index contributed by atoms with van der Waals surface area (Å²) in [5, 5.41) is 2.99. The van der Waals surface area contributed by atoms with Crippen molar-refractivity contribution in [2.75, 3.05) is 13.7 Å². The molecule has 1 rings (SSSR count). The van der Waals surface area contributed by atoms with Gasteiger partial charge in [0.25, 0.3) is 0 Å². The van der Waals surface area contributed by atoms with E-state index in [0.717, 1.165) is 5.56 Å². The van der Waals surface area contributed by atoms with Crippen LogP contribution >= 0.6 is 12.4 Å². The third-order valence-corrected chi connectivity index (χ3v) is 3.50. The monoisotopic (exact) mass is 300 g/mol. The molecule has 5 heteroatoms. The van der Waals surface area contributed by atoms with Gasteiger partial charge < -0.3 is 15.8 Å². The van der Waals surface area contributed by atoms with E-state index in [-0.39, 0.29) is 30.5 Å². The van der Waals surface area contributed by atoms with Crippen LogP contribution in [0.25, 0.3) is 0 Å². The van der Waals surface area contributed by atoms with E-state index < -0.39 is 0 Å². The van der Waals surface area contributed by atoms with Gasteiger partial charge in [0, 0.05) is 13.7 Å². The number of nitrogens with one attached hydrogen (secondary N) is 1. The largest absolute Gasteiger partial charge is 0.380 e. The molecule has 1 aromatic carbocycles. The number of ether oxygens (including phenoxy) is 1. The van der Waals surface area contributed by atoms with Gasteiger partial charge in [-0.3, -0.25) is 4.79 Å². The van der Waals surface area contributed by atoms with Gasteiger partial charge in [-0.25, -0.2) is 0 Å². The van der Waals surface area contributed by atoms with E-state index >= 15 is 0 Å². The Morgan fingerprint density at radius 2 is 2.05 bits per heavy atom. The van der Waals surface area contributed by atoms with Crippen LogP contribution < -0.4 is 11.1 Å². The molecule has 114 valence electrons. The van der Waals surface area contributed by atoms with Gasteiger partial charge >= 0.3 is 0 Å². The molecule has 0 aromatic heterocycles. The van der Waals surface area contributed by atoms with Gasteiger partial charge in [0.05, 0.1) is 18.6 Å². The SMILES string of the molecule is COC(CN)CC(=O)NC(C)c1cccc(C)c1C.Cl. The van der Waals surface area contributed by atoms with Crippen molar-refractivity contribution < 1.29 is 9.53 Å². The summed E-state index contributed by atoms with van der Waals surface area (Å²) in [5.74, 6) is -0.0364. The standard InChI is InChI=1S/C15H24N2O2.ClH/c1-10-6-5-7-14(11(10)2)12(3)17-15(18)8-13(9-16)19-4;/h5-7,12-13H,8-9,16H2,1-4H3,(H,17,18);1H. The average molecular weight is 301 g/mol. The number of methoxy groups -OCH3 is 1. The minimum Gasteiger partial charge on any atom is -0.380 e. The number of nitrogens with two attached hydrogens (primary N) is 1. The van der Waals surface area contributed by atoms with Crippen LogP contribution in [-0.4, -0.2) is 25.7 Å². The molecule has 0 saturated carbocycles. The Morgan fingerprint density at radius 3 is 2.60 bits per heavy atom. The smallest absolute Gasteiger partial charge is 0.223 e. The zero-order chi connectivity index (χ0) is 14.4. The van der Waals surface area contributed by atoms with Crippen molar-refractivity contribution in [2.45, 2.75) is 39.3 Å². The van der Waals surface area contributed by atoms with Crippen LogP contribution in [0.3, 0.4) is 0 Å². The van der Waals surface area contributed by atoms with Crippen LogP contribution in [0, 0.1) is 13.8 Å². The highest BCUT2D eigenvalue weighted by atomic mass is 35.5. The van der Waals surface area contributed by atoms with Crippen molar-refractivity contribution in [2.24, 2.45) is 5.73 Å². The topological polar surface area (TPSA) is 64.3 Å². The highest BCUT2D eigenvalue weighted by molar-refractivity contribution is 5.85. The second-order valence-corrected chi connectivity index (χ2v) is 4.88. The maximum atomic E-state index is 11.9. The molecule has 0 aliphatic heterocycles. The van der Waals surface area contributed by atoms with Crippen molar-refractivity contribution in [3.8, 4) is 0 Å². The fourth-order valence-corrected chi connectivity index (χ4v) is 2.09. The fourth-order valence-electron chi connectivity index (χ4n) is 2.09. The van der Waals surface area contributed by atoms with Crippen LogP contribution in [0.15, 0.2) is 18.2 Å². The third-order valence-electron chi connectivity index (χ3n) is 3.50. The Bertz CT molecular complexity index is 434. The maximum absolute atomic E-state index is 11.9. The van der Waals surface area contributed by atoms with E-state index in [2.05, 4.69) is 25.2 Å². The molecule has 0 bridgehead atoms. The van der Waals surface area contributed by atoms with E-state index in [0.29, 0.717) is 13.0 Å². The molecular weight excluding hydrogens is 276 g/mol. The molecule has 2 unspecified atom stereocenters. The van der Waals surface area contributed by atoms with Crippen molar-refractivity contribution in [3.63, 3.8) is 0 Å². The Hall–Kier alpha value is -1.10. The molecular formula is C15H25ClN2O2. The molecule has 0 radical (unpaired) electrons. The molecule has 3 N–H and O–H groups in total. The van der Waals surface area contributed by atoms with E-state index in [1.807, 2.05) is 19.1 Å². The maximum Gasteiger partial charge on any atom is 0.223 e. The first-order valence-electron chi connectivity index (χ1n) is 6.58. The summed E-state index contributed by atoms with van der Waals surface area (Å²) in [6.45, 7) is 6.49. The Balaban J connectivity index is 0.00000361. The zero-order valence-electron chi connectivity index (χ0n) is 12.6. The first-order chi connectivity index (χ1) is 8.99. The molecule has 1 aromatic rings. The predicted octanol–water partition coefficient (Wildman–Crippen LogP) is 2.27. The number of amides is 1. The molecule has 0 fully saturated rings. The van der Waals surface area contributed by atoms with Gasteiger partial charge in [-0.2, -0.15) is 0 Å². The molecule has 0 spiro atoms. The van der Waals surface area contributed by atoms with Gasteiger partial charge in [0.1, 0.15) is 0 Å². The fraction of sp³-hybridized carbons (Fsp3) is 0.533. The Morgan fingerprint density at radius 1 is 1.40 bits per heavy atom. The molecule has 0 aliphatic rings. The summed E-state index contributed by atoms with van der Waals surface area (Å²) in [5.41, 5.74) is 9.11. The molecule has 1 amide bonds. The van der Waals surface area contributed by atoms with Crippen molar-refractivity contribution in [1.29, 1.82) is 0 Å². The number of hydrogen-bond acceptors (Lipinski definition) is 3. The Labute approximate surface area is 127 Å². The average Bonchev–Trinajstić information content (AvgIpc) is 2.38. The van der Waals surface area contributed by atoms with E-state index in [1.54, 1.807) is 7.11 Å². The first-order valence-corrected chi connectivity index (χ1v) is 6.58. The molecule has 0 saturated heterocycles. The van der Waals surface area contributed by atoms with Crippen molar-refractivity contribution in [1.82, 2.24) is 5.32 Å². The molecule has 20 heavy (non-hydrogen) atoms. The number of hydrogen-bond donors (Lipinski definition) is 2. The van der Waals surface area contributed by atoms with Gasteiger partial charge in [-0.05, 0) is 37.5 Å². The summed E-state index contributed by atoms with van der Waals surface area (Å²) in [7, 11) is 1.57. The quantitative estimate of drug-likeness (QED) is 0.847. The van der Waals surface area contributed by atoms with Gasteiger partial charge in [-0.15, -0.1) is 12.4 Å². The normalized spacial score (nSPS) is 13.2. The second kappa shape index (κ2) is 8.95. The Kier molecular flexibility index (Phi) is 8.46. The lowest BCUT2D eigenvalue weighted by atomic mass is 9.98. The van der Waals surface area contributed by atoms with Crippen LogP contribution in [0.1, 0.15) is 36.1 Å². The minimum absolute atomic E-state index is 0. The highest BCUT2D eigenvalue weighted by Gasteiger charge is 2.15. The molecule has 2 atom stereocenters. The summed E-state index contributed by atoms with van der Waals surface area (Å²) >= 11 is 0. The number of rotatable bonds is 6. The van der Waals surface area contributed by atoms with Gasteiger partial charge in [0.15, 0.2) is 0 Å². The summed E-state index contributed by atoms with van der Waals surface area (Å²) < 4.78 is 5.11. The lowest BCUT2D eigenvalue weighted by Gasteiger charge is -2.19. The van der Waals surface area contributed by atoms with E-state index in [4.69, 9.17) is 10.5 Å². The van der Waals surface area contributed by atoms with E-state index in [9.17, 15) is 4.79 Å². The van der Waals surface area contributed by atoms with Gasteiger partial charge in [0.2, 0.25) is 5.91 Å². The molecule has 4 nitrogen and oxygen atoms in total. The predicted molar refractivity (Wildman–Crippen MR) is 84.2 cm³/mol. The van der Waals surface area contributed by atoms with Crippen molar-refractivity contribution >= 4 is 18.3 Å². The lowest BCUT2D eigenvalue weighted by Crippen LogP contribution is -2.33. The molecule has 0 heterocycles. The number of carbonyl (C=O) groups excluding carboxylic acids is 1. The van der Waals surface area contributed by atoms with Crippen molar-refractivity contribution in [3.05, 3.63) is 34.9 Å². The first kappa shape index (κ1) is 18.9. The number of aryl methyl sites for hydroxylation is 1. The van der Waals surface area contributed by atoms with Gasteiger partial charge in [-0.1, -0.05) is 18.2 Å².